The van der Waals surface area contributed by atoms with Gasteiger partial charge in [0.25, 0.3) is 0 Å². The average Bonchev–Trinajstić information content (AvgIpc) is 2.98. The first-order valence-corrected chi connectivity index (χ1v) is 11.8. The van der Waals surface area contributed by atoms with Gasteiger partial charge in [-0.2, -0.15) is 0 Å². The fourth-order valence-corrected chi connectivity index (χ4v) is 5.87. The largest absolute Gasteiger partial charge is 0.381 e. The average molecular weight is 372 g/mol. The summed E-state index contributed by atoms with van der Waals surface area (Å²) >= 11 is 0. The van der Waals surface area contributed by atoms with Crippen molar-refractivity contribution < 1.29 is 13.2 Å². The van der Waals surface area contributed by atoms with Gasteiger partial charge < -0.3 is 15.4 Å². The lowest BCUT2D eigenvalue weighted by atomic mass is 9.95. The number of rotatable bonds is 5. The molecule has 6 nitrogen and oxygen atoms in total. The van der Waals surface area contributed by atoms with Crippen LogP contribution in [0.3, 0.4) is 0 Å². The first kappa shape index (κ1) is 19.0. The molecule has 0 aromatic heterocycles. The molecule has 7 heteroatoms. The van der Waals surface area contributed by atoms with Crippen molar-refractivity contribution in [3.05, 3.63) is 0 Å². The van der Waals surface area contributed by atoms with Crippen LogP contribution in [0.25, 0.3) is 0 Å². The van der Waals surface area contributed by atoms with Crippen molar-refractivity contribution in [2.45, 2.75) is 57.4 Å². The second-order valence-electron chi connectivity index (χ2n) is 7.87. The first-order chi connectivity index (χ1) is 12.1. The van der Waals surface area contributed by atoms with Gasteiger partial charge in [-0.05, 0) is 43.9 Å². The van der Waals surface area contributed by atoms with Crippen molar-refractivity contribution in [2.75, 3.05) is 37.8 Å². The van der Waals surface area contributed by atoms with Crippen LogP contribution in [0.1, 0.15) is 51.4 Å². The van der Waals surface area contributed by atoms with E-state index < -0.39 is 9.84 Å². The molecule has 25 heavy (non-hydrogen) atoms. The summed E-state index contributed by atoms with van der Waals surface area (Å²) in [5, 5.41) is 7.11. The van der Waals surface area contributed by atoms with Crippen LogP contribution < -0.4 is 10.6 Å². The van der Waals surface area contributed by atoms with Crippen molar-refractivity contribution >= 4 is 15.8 Å². The molecule has 2 saturated heterocycles. The van der Waals surface area contributed by atoms with E-state index in [1.807, 2.05) is 0 Å². The molecule has 0 aromatic carbocycles. The van der Waals surface area contributed by atoms with Crippen LogP contribution >= 0.6 is 0 Å². The van der Waals surface area contributed by atoms with Crippen LogP contribution in [-0.2, 0) is 14.6 Å². The fraction of sp³-hybridized carbons (Fsp3) is 0.944. The molecule has 3 fully saturated rings. The molecule has 0 amide bonds. The molecule has 0 bridgehead atoms. The summed E-state index contributed by atoms with van der Waals surface area (Å²) in [6.45, 7) is 3.24. The van der Waals surface area contributed by atoms with Crippen molar-refractivity contribution in [2.24, 2.45) is 16.8 Å². The monoisotopic (exact) mass is 371 g/mol. The van der Waals surface area contributed by atoms with Gasteiger partial charge in [-0.25, -0.2) is 8.42 Å². The molecule has 0 spiro atoms. The standard InChI is InChI=1S/C18H33N3O3S/c22-25(23)11-8-16(14-25)13-20-18(21-17-4-2-1-3-5-17)19-12-15-6-9-24-10-7-15/h15-17H,1-14H2,(H2,19,20,21). The Kier molecular flexibility index (Phi) is 6.99. The summed E-state index contributed by atoms with van der Waals surface area (Å²) in [6, 6.07) is 0.502. The number of sulfone groups is 1. The zero-order valence-corrected chi connectivity index (χ0v) is 16.0. The van der Waals surface area contributed by atoms with E-state index in [4.69, 9.17) is 9.73 Å². The number of hydrogen-bond acceptors (Lipinski definition) is 4. The molecule has 1 aliphatic carbocycles. The molecular weight excluding hydrogens is 338 g/mol. The molecule has 144 valence electrons. The highest BCUT2D eigenvalue weighted by Crippen LogP contribution is 2.20. The third kappa shape index (κ3) is 6.44. The number of nitrogens with one attached hydrogen (secondary N) is 2. The molecule has 1 saturated carbocycles. The molecule has 3 rings (SSSR count). The Morgan fingerprint density at radius 2 is 1.76 bits per heavy atom. The normalized spacial score (nSPS) is 28.8. The Hall–Kier alpha value is -0.820. The van der Waals surface area contributed by atoms with Crippen molar-refractivity contribution in [1.82, 2.24) is 10.6 Å². The van der Waals surface area contributed by atoms with Crippen LogP contribution in [0.4, 0.5) is 0 Å². The molecule has 2 heterocycles. The molecule has 1 unspecified atom stereocenters. The summed E-state index contributed by atoms with van der Waals surface area (Å²) in [6.07, 6.45) is 9.26. The maximum atomic E-state index is 11.6. The quantitative estimate of drug-likeness (QED) is 0.568. The van der Waals surface area contributed by atoms with Gasteiger partial charge in [-0.1, -0.05) is 19.3 Å². The van der Waals surface area contributed by atoms with E-state index in [0.717, 1.165) is 45.0 Å². The Bertz CT molecular complexity index is 538. The van der Waals surface area contributed by atoms with Crippen LogP contribution in [0.2, 0.25) is 0 Å². The summed E-state index contributed by atoms with van der Waals surface area (Å²) in [4.78, 5) is 4.75. The number of aliphatic imine (C=N–C) groups is 1. The minimum Gasteiger partial charge on any atom is -0.381 e. The lowest BCUT2D eigenvalue weighted by Crippen LogP contribution is -2.46. The molecule has 3 aliphatic rings. The summed E-state index contributed by atoms with van der Waals surface area (Å²) < 4.78 is 28.7. The highest BCUT2D eigenvalue weighted by Gasteiger charge is 2.27. The Morgan fingerprint density at radius 3 is 2.44 bits per heavy atom. The van der Waals surface area contributed by atoms with E-state index >= 15 is 0 Å². The van der Waals surface area contributed by atoms with E-state index in [-0.39, 0.29) is 5.92 Å². The van der Waals surface area contributed by atoms with Crippen molar-refractivity contribution in [3.8, 4) is 0 Å². The third-order valence-corrected chi connectivity index (χ3v) is 7.52. The summed E-state index contributed by atoms with van der Waals surface area (Å²) in [7, 11) is -2.82. The molecule has 1 atom stereocenters. The predicted molar refractivity (Wildman–Crippen MR) is 101 cm³/mol. The SMILES string of the molecule is O=S1(=O)CCC(CN=C(NCC2CCOCC2)NC2CCCCC2)C1. The van der Waals surface area contributed by atoms with Crippen LogP contribution in [0.15, 0.2) is 4.99 Å². The number of ether oxygens (including phenoxy) is 1. The van der Waals surface area contributed by atoms with Gasteiger partial charge in [0, 0.05) is 32.3 Å². The molecule has 0 radical (unpaired) electrons. The molecule has 2 aliphatic heterocycles. The van der Waals surface area contributed by atoms with E-state index in [1.165, 1.54) is 32.1 Å². The van der Waals surface area contributed by atoms with Gasteiger partial charge in [0.2, 0.25) is 0 Å². The smallest absolute Gasteiger partial charge is 0.191 e. The Labute approximate surface area is 152 Å². The van der Waals surface area contributed by atoms with Crippen molar-refractivity contribution in [3.63, 3.8) is 0 Å². The summed E-state index contributed by atoms with van der Waals surface area (Å²) in [5.74, 6) is 2.32. The maximum absolute atomic E-state index is 11.6. The first-order valence-electron chi connectivity index (χ1n) is 9.94. The van der Waals surface area contributed by atoms with Gasteiger partial charge >= 0.3 is 0 Å². The van der Waals surface area contributed by atoms with Gasteiger partial charge in [0.05, 0.1) is 11.5 Å². The van der Waals surface area contributed by atoms with Gasteiger partial charge in [-0.15, -0.1) is 0 Å². The number of guanidine groups is 1. The van der Waals surface area contributed by atoms with E-state index in [1.54, 1.807) is 0 Å². The van der Waals surface area contributed by atoms with E-state index in [2.05, 4.69) is 10.6 Å². The van der Waals surface area contributed by atoms with Crippen molar-refractivity contribution in [1.29, 1.82) is 0 Å². The minimum absolute atomic E-state index is 0.179. The van der Waals surface area contributed by atoms with Crippen LogP contribution in [0, 0.1) is 11.8 Å². The highest BCUT2D eigenvalue weighted by atomic mass is 32.2. The van der Waals surface area contributed by atoms with Gasteiger partial charge in [-0.3, -0.25) is 4.99 Å². The second-order valence-corrected chi connectivity index (χ2v) is 10.1. The summed E-state index contributed by atoms with van der Waals surface area (Å²) in [5.41, 5.74) is 0. The second kappa shape index (κ2) is 9.21. The molecular formula is C18H33N3O3S. The fourth-order valence-electron chi connectivity index (χ4n) is 4.02. The zero-order chi connectivity index (χ0) is 17.5. The molecule has 2 N–H and O–H groups in total. The maximum Gasteiger partial charge on any atom is 0.191 e. The minimum atomic E-state index is -2.82. The topological polar surface area (TPSA) is 79.8 Å². The van der Waals surface area contributed by atoms with E-state index in [0.29, 0.717) is 30.0 Å². The Balaban J connectivity index is 1.53. The van der Waals surface area contributed by atoms with Crippen LogP contribution in [-0.4, -0.2) is 58.2 Å². The predicted octanol–water partition coefficient (Wildman–Crippen LogP) is 1.72. The lowest BCUT2D eigenvalue weighted by Gasteiger charge is -2.27. The highest BCUT2D eigenvalue weighted by molar-refractivity contribution is 7.91. The van der Waals surface area contributed by atoms with Crippen LogP contribution in [0.5, 0.6) is 0 Å². The number of hydrogen-bond donors (Lipinski definition) is 2. The van der Waals surface area contributed by atoms with Gasteiger partial charge in [0.1, 0.15) is 0 Å². The third-order valence-electron chi connectivity index (χ3n) is 5.68. The zero-order valence-electron chi connectivity index (χ0n) is 15.2. The lowest BCUT2D eigenvalue weighted by molar-refractivity contribution is 0.0675. The number of nitrogens with zero attached hydrogens (tertiary/aromatic N) is 1. The van der Waals surface area contributed by atoms with Gasteiger partial charge in [0.15, 0.2) is 15.8 Å². The molecule has 0 aromatic rings. The van der Waals surface area contributed by atoms with E-state index in [9.17, 15) is 8.42 Å². The Morgan fingerprint density at radius 1 is 1.00 bits per heavy atom.